The molecule has 0 spiro atoms. The van der Waals surface area contributed by atoms with Crippen LogP contribution < -0.4 is 5.73 Å². The smallest absolute Gasteiger partial charge is 0.141 e. The maximum absolute atomic E-state index is 9.62. The number of nitrogens with two attached hydrogens (primary N) is 1. The Balaban J connectivity index is 0.00000180. The molecule has 0 fully saturated rings. The van der Waals surface area contributed by atoms with E-state index in [2.05, 4.69) is 0 Å². The molecule has 0 saturated carbocycles. The van der Waals surface area contributed by atoms with Gasteiger partial charge in [-0.1, -0.05) is 48.6 Å². The van der Waals surface area contributed by atoms with Crippen LogP contribution in [-0.2, 0) is 6.42 Å². The SMILES string of the molecule is Cc1cc(CC(=S)c2ccccc2)cc(N)c1O.Cl. The van der Waals surface area contributed by atoms with Crippen molar-refractivity contribution in [1.29, 1.82) is 0 Å². The summed E-state index contributed by atoms with van der Waals surface area (Å²) >= 11 is 5.42. The Hall–Kier alpha value is -1.58. The molecule has 2 nitrogen and oxygen atoms in total. The number of hydrogen-bond donors (Lipinski definition) is 2. The molecular weight excluding hydrogens is 278 g/mol. The molecule has 0 bridgehead atoms. The van der Waals surface area contributed by atoms with Gasteiger partial charge in [0.15, 0.2) is 0 Å². The van der Waals surface area contributed by atoms with Crippen LogP contribution in [0.5, 0.6) is 5.75 Å². The third kappa shape index (κ3) is 3.69. The van der Waals surface area contributed by atoms with Gasteiger partial charge in [0.2, 0.25) is 0 Å². The lowest BCUT2D eigenvalue weighted by atomic mass is 10.0. The molecule has 0 saturated heterocycles. The molecule has 0 amide bonds. The van der Waals surface area contributed by atoms with Crippen LogP contribution in [0, 0.1) is 6.92 Å². The Morgan fingerprint density at radius 1 is 1.21 bits per heavy atom. The summed E-state index contributed by atoms with van der Waals surface area (Å²) in [6.45, 7) is 1.83. The molecule has 2 aromatic carbocycles. The molecule has 4 heteroatoms. The van der Waals surface area contributed by atoms with Crippen molar-refractivity contribution in [2.75, 3.05) is 5.73 Å². The maximum Gasteiger partial charge on any atom is 0.141 e. The first-order valence-electron chi connectivity index (χ1n) is 5.74. The second-order valence-electron chi connectivity index (χ2n) is 4.32. The summed E-state index contributed by atoms with van der Waals surface area (Å²) in [6, 6.07) is 13.6. The maximum atomic E-state index is 9.62. The molecule has 19 heavy (non-hydrogen) atoms. The number of thiocarbonyl (C=S) groups is 1. The average molecular weight is 294 g/mol. The van der Waals surface area contributed by atoms with Gasteiger partial charge in [0.1, 0.15) is 5.75 Å². The Morgan fingerprint density at radius 2 is 1.84 bits per heavy atom. The van der Waals surface area contributed by atoms with Crippen molar-refractivity contribution in [2.45, 2.75) is 13.3 Å². The zero-order valence-corrected chi connectivity index (χ0v) is 12.2. The van der Waals surface area contributed by atoms with E-state index in [-0.39, 0.29) is 18.2 Å². The van der Waals surface area contributed by atoms with Crippen LogP contribution in [0.3, 0.4) is 0 Å². The Bertz CT molecular complexity index is 561. The Kier molecular flexibility index (Phi) is 5.33. The first-order valence-corrected chi connectivity index (χ1v) is 6.15. The minimum absolute atomic E-state index is 0. The summed E-state index contributed by atoms with van der Waals surface area (Å²) in [4.78, 5) is 0.875. The highest BCUT2D eigenvalue weighted by atomic mass is 35.5. The largest absolute Gasteiger partial charge is 0.506 e. The lowest BCUT2D eigenvalue weighted by molar-refractivity contribution is 0.473. The highest BCUT2D eigenvalue weighted by molar-refractivity contribution is 7.80. The number of nitrogen functional groups attached to an aromatic ring is 1. The summed E-state index contributed by atoms with van der Waals surface area (Å²) in [7, 11) is 0. The summed E-state index contributed by atoms with van der Waals surface area (Å²) in [5.74, 6) is 0.157. The van der Waals surface area contributed by atoms with Gasteiger partial charge < -0.3 is 10.8 Å². The molecule has 0 aliphatic rings. The standard InChI is InChI=1S/C15H15NOS.ClH/c1-10-7-11(8-13(16)15(10)17)9-14(18)12-5-3-2-4-6-12;/h2-8,17H,9,16H2,1H3;1H. The predicted octanol–water partition coefficient (Wildman–Crippen LogP) is 3.67. The molecule has 100 valence electrons. The number of hydrogen-bond acceptors (Lipinski definition) is 3. The normalized spacial score (nSPS) is 9.74. The predicted molar refractivity (Wildman–Crippen MR) is 86.4 cm³/mol. The van der Waals surface area contributed by atoms with E-state index in [9.17, 15) is 5.11 Å². The number of benzene rings is 2. The van der Waals surface area contributed by atoms with Gasteiger partial charge in [-0.05, 0) is 29.7 Å². The number of halogens is 1. The highest BCUT2D eigenvalue weighted by Crippen LogP contribution is 2.26. The first kappa shape index (κ1) is 15.5. The van der Waals surface area contributed by atoms with E-state index in [1.807, 2.05) is 43.3 Å². The van der Waals surface area contributed by atoms with Crippen LogP contribution in [-0.4, -0.2) is 9.97 Å². The van der Waals surface area contributed by atoms with E-state index in [4.69, 9.17) is 18.0 Å². The first-order chi connectivity index (χ1) is 8.58. The molecular formula is C15H16ClNOS. The van der Waals surface area contributed by atoms with Gasteiger partial charge in [0.25, 0.3) is 0 Å². The number of anilines is 1. The molecule has 0 aromatic heterocycles. The molecule has 0 aliphatic carbocycles. The monoisotopic (exact) mass is 293 g/mol. The molecule has 0 aliphatic heterocycles. The van der Waals surface area contributed by atoms with Gasteiger partial charge in [-0.3, -0.25) is 0 Å². The van der Waals surface area contributed by atoms with Crippen molar-refractivity contribution >= 4 is 35.2 Å². The zero-order valence-electron chi connectivity index (χ0n) is 10.6. The van der Waals surface area contributed by atoms with Gasteiger partial charge >= 0.3 is 0 Å². The fourth-order valence-electron chi connectivity index (χ4n) is 1.90. The average Bonchev–Trinajstić information content (AvgIpc) is 2.37. The van der Waals surface area contributed by atoms with Crippen LogP contribution in [0.2, 0.25) is 0 Å². The molecule has 0 radical (unpaired) electrons. The van der Waals surface area contributed by atoms with Gasteiger partial charge in [-0.25, -0.2) is 0 Å². The second kappa shape index (κ2) is 6.55. The number of aromatic hydroxyl groups is 1. The lowest BCUT2D eigenvalue weighted by Gasteiger charge is -2.08. The van der Waals surface area contributed by atoms with Gasteiger partial charge in [0, 0.05) is 11.3 Å². The van der Waals surface area contributed by atoms with E-state index >= 15 is 0 Å². The second-order valence-corrected chi connectivity index (χ2v) is 4.81. The third-order valence-electron chi connectivity index (χ3n) is 2.85. The summed E-state index contributed by atoms with van der Waals surface area (Å²) < 4.78 is 0. The van der Waals surface area contributed by atoms with Crippen molar-refractivity contribution in [1.82, 2.24) is 0 Å². The minimum Gasteiger partial charge on any atom is -0.506 e. The van der Waals surface area contributed by atoms with E-state index < -0.39 is 0 Å². The van der Waals surface area contributed by atoms with Crippen molar-refractivity contribution in [3.8, 4) is 5.75 Å². The van der Waals surface area contributed by atoms with Crippen molar-refractivity contribution in [3.05, 3.63) is 59.2 Å². The molecule has 0 atom stereocenters. The fraction of sp³-hybridized carbons (Fsp3) is 0.133. The topological polar surface area (TPSA) is 46.2 Å². The Labute approximate surface area is 124 Å². The lowest BCUT2D eigenvalue weighted by Crippen LogP contribution is -2.03. The van der Waals surface area contributed by atoms with Crippen LogP contribution in [0.15, 0.2) is 42.5 Å². The van der Waals surface area contributed by atoms with Crippen molar-refractivity contribution in [2.24, 2.45) is 0 Å². The third-order valence-corrected chi connectivity index (χ3v) is 3.23. The van der Waals surface area contributed by atoms with Crippen molar-refractivity contribution < 1.29 is 5.11 Å². The molecule has 3 N–H and O–H groups in total. The summed E-state index contributed by atoms with van der Waals surface area (Å²) in [5, 5.41) is 9.62. The number of aryl methyl sites for hydroxylation is 1. The summed E-state index contributed by atoms with van der Waals surface area (Å²) in [6.07, 6.45) is 0.657. The highest BCUT2D eigenvalue weighted by Gasteiger charge is 2.07. The van der Waals surface area contributed by atoms with E-state index in [1.165, 1.54) is 0 Å². The van der Waals surface area contributed by atoms with Crippen molar-refractivity contribution in [3.63, 3.8) is 0 Å². The van der Waals surface area contributed by atoms with Gasteiger partial charge in [-0.2, -0.15) is 0 Å². The van der Waals surface area contributed by atoms with Gasteiger partial charge in [-0.15, -0.1) is 12.4 Å². The summed E-state index contributed by atoms with van der Waals surface area (Å²) in [5.41, 5.74) is 9.00. The number of rotatable bonds is 3. The fourth-order valence-corrected chi connectivity index (χ4v) is 2.20. The van der Waals surface area contributed by atoms with E-state index in [0.29, 0.717) is 12.1 Å². The number of phenolic OH excluding ortho intramolecular Hbond substituents is 1. The molecule has 0 unspecified atom stereocenters. The molecule has 0 heterocycles. The molecule has 2 rings (SSSR count). The minimum atomic E-state index is 0. The van der Waals surface area contributed by atoms with Crippen LogP contribution in [0.1, 0.15) is 16.7 Å². The van der Waals surface area contributed by atoms with E-state index in [0.717, 1.165) is 21.6 Å². The molecule has 2 aromatic rings. The number of phenols is 1. The van der Waals surface area contributed by atoms with Crippen LogP contribution in [0.25, 0.3) is 0 Å². The zero-order chi connectivity index (χ0) is 13.1. The van der Waals surface area contributed by atoms with Gasteiger partial charge in [0.05, 0.1) is 5.69 Å². The Morgan fingerprint density at radius 3 is 2.42 bits per heavy atom. The van der Waals surface area contributed by atoms with Crippen LogP contribution >= 0.6 is 24.6 Å². The van der Waals surface area contributed by atoms with Crippen LogP contribution in [0.4, 0.5) is 5.69 Å². The quantitative estimate of drug-likeness (QED) is 0.393. The van der Waals surface area contributed by atoms with E-state index in [1.54, 1.807) is 6.07 Å².